The van der Waals surface area contributed by atoms with E-state index in [-0.39, 0.29) is 17.0 Å². The van der Waals surface area contributed by atoms with Gasteiger partial charge in [0.05, 0.1) is 16.6 Å². The van der Waals surface area contributed by atoms with Gasteiger partial charge in [-0.05, 0) is 36.8 Å². The lowest BCUT2D eigenvalue weighted by Gasteiger charge is -2.14. The van der Waals surface area contributed by atoms with Crippen molar-refractivity contribution in [1.29, 1.82) is 0 Å². The average Bonchev–Trinajstić information content (AvgIpc) is 2.52. The maximum absolute atomic E-state index is 12.5. The Bertz CT molecular complexity index is 785. The van der Waals surface area contributed by atoms with Gasteiger partial charge in [-0.25, -0.2) is 13.1 Å². The third kappa shape index (κ3) is 4.56. The molecule has 2 aromatic carbocycles. The maximum Gasteiger partial charge on any atom is 0.416 e. The van der Waals surface area contributed by atoms with Crippen LogP contribution in [0.4, 0.5) is 13.2 Å². The fourth-order valence-electron chi connectivity index (χ4n) is 2.00. The predicted octanol–water partition coefficient (Wildman–Crippen LogP) is 3.03. The minimum absolute atomic E-state index is 0.0488. The van der Waals surface area contributed by atoms with E-state index >= 15 is 0 Å². The van der Waals surface area contributed by atoms with Crippen LogP contribution >= 0.6 is 0 Å². The topological polar surface area (TPSA) is 66.4 Å². The van der Waals surface area contributed by atoms with E-state index in [1.807, 2.05) is 6.92 Å². The number of rotatable bonds is 5. The first kappa shape index (κ1) is 18.4. The highest BCUT2D eigenvalue weighted by molar-refractivity contribution is 7.89. The van der Waals surface area contributed by atoms with Gasteiger partial charge in [0, 0.05) is 6.54 Å². The smallest absolute Gasteiger partial charge is 0.387 e. The fourth-order valence-corrected chi connectivity index (χ4v) is 3.04. The van der Waals surface area contributed by atoms with Gasteiger partial charge in [0.15, 0.2) is 0 Å². The first-order valence-corrected chi connectivity index (χ1v) is 8.49. The van der Waals surface area contributed by atoms with Crippen LogP contribution in [-0.4, -0.2) is 20.1 Å². The van der Waals surface area contributed by atoms with Crippen molar-refractivity contribution in [2.45, 2.75) is 24.1 Å². The molecule has 24 heavy (non-hydrogen) atoms. The molecule has 0 aliphatic carbocycles. The first-order valence-electron chi connectivity index (χ1n) is 7.01. The number of halogens is 3. The van der Waals surface area contributed by atoms with Crippen LogP contribution < -0.4 is 4.72 Å². The van der Waals surface area contributed by atoms with Gasteiger partial charge < -0.3 is 5.11 Å². The second-order valence-corrected chi connectivity index (χ2v) is 7.07. The molecular formula is C16H16F3NO3S. The SMILES string of the molecule is Cc1ccc(S(=O)(=O)NCC(O)c2ccc(C(F)(F)F)cc2)cc1. The Hall–Kier alpha value is -1.90. The number of aliphatic hydroxyl groups is 1. The highest BCUT2D eigenvalue weighted by Crippen LogP contribution is 2.29. The van der Waals surface area contributed by atoms with Crippen LogP contribution in [-0.2, 0) is 16.2 Å². The summed E-state index contributed by atoms with van der Waals surface area (Å²) in [5.41, 5.74) is 0.257. The number of aryl methyl sites for hydroxylation is 1. The summed E-state index contributed by atoms with van der Waals surface area (Å²) in [6.45, 7) is 1.47. The molecule has 2 N–H and O–H groups in total. The molecule has 0 spiro atoms. The number of hydrogen-bond donors (Lipinski definition) is 2. The second-order valence-electron chi connectivity index (χ2n) is 5.30. The molecule has 0 fully saturated rings. The molecule has 130 valence electrons. The van der Waals surface area contributed by atoms with Crippen molar-refractivity contribution < 1.29 is 26.7 Å². The number of hydrogen-bond acceptors (Lipinski definition) is 3. The largest absolute Gasteiger partial charge is 0.416 e. The third-order valence-electron chi connectivity index (χ3n) is 3.42. The molecular weight excluding hydrogens is 343 g/mol. The van der Waals surface area contributed by atoms with Gasteiger partial charge in [-0.2, -0.15) is 13.2 Å². The van der Waals surface area contributed by atoms with Crippen molar-refractivity contribution in [3.05, 3.63) is 65.2 Å². The highest BCUT2D eigenvalue weighted by atomic mass is 32.2. The lowest BCUT2D eigenvalue weighted by molar-refractivity contribution is -0.137. The molecule has 0 aliphatic heterocycles. The van der Waals surface area contributed by atoms with Crippen LogP contribution in [0.3, 0.4) is 0 Å². The summed E-state index contributed by atoms with van der Waals surface area (Å²) < 4.78 is 63.9. The molecule has 0 amide bonds. The zero-order valence-electron chi connectivity index (χ0n) is 12.7. The summed E-state index contributed by atoms with van der Waals surface area (Å²) in [7, 11) is -3.80. The quantitative estimate of drug-likeness (QED) is 0.862. The zero-order chi connectivity index (χ0) is 18.0. The number of alkyl halides is 3. The molecule has 0 aliphatic rings. The number of aliphatic hydroxyl groups excluding tert-OH is 1. The monoisotopic (exact) mass is 359 g/mol. The average molecular weight is 359 g/mol. The number of sulfonamides is 1. The molecule has 4 nitrogen and oxygen atoms in total. The molecule has 1 atom stereocenters. The van der Waals surface area contributed by atoms with Crippen molar-refractivity contribution >= 4 is 10.0 Å². The van der Waals surface area contributed by atoms with Gasteiger partial charge in [0.25, 0.3) is 0 Å². The Labute approximate surface area is 138 Å². The summed E-state index contributed by atoms with van der Waals surface area (Å²) in [5, 5.41) is 9.96. The highest BCUT2D eigenvalue weighted by Gasteiger charge is 2.30. The molecule has 0 saturated heterocycles. The second kappa shape index (κ2) is 6.92. The van der Waals surface area contributed by atoms with E-state index < -0.39 is 27.9 Å². The maximum atomic E-state index is 12.5. The summed E-state index contributed by atoms with van der Waals surface area (Å²) in [4.78, 5) is 0.0488. The van der Waals surface area contributed by atoms with E-state index in [1.165, 1.54) is 12.1 Å². The summed E-state index contributed by atoms with van der Waals surface area (Å²) >= 11 is 0. The Balaban J connectivity index is 2.04. The number of nitrogens with one attached hydrogen (secondary N) is 1. The van der Waals surface area contributed by atoms with E-state index in [2.05, 4.69) is 4.72 Å². The van der Waals surface area contributed by atoms with Crippen molar-refractivity contribution in [3.8, 4) is 0 Å². The Morgan fingerprint density at radius 3 is 2.08 bits per heavy atom. The predicted molar refractivity (Wildman–Crippen MR) is 82.8 cm³/mol. The zero-order valence-corrected chi connectivity index (χ0v) is 13.5. The van der Waals surface area contributed by atoms with Gasteiger partial charge in [0.1, 0.15) is 0 Å². The molecule has 0 saturated carbocycles. The molecule has 0 heterocycles. The van der Waals surface area contributed by atoms with E-state index in [1.54, 1.807) is 12.1 Å². The minimum atomic E-state index is -4.46. The van der Waals surface area contributed by atoms with Crippen LogP contribution in [0.5, 0.6) is 0 Å². The van der Waals surface area contributed by atoms with Crippen molar-refractivity contribution in [2.75, 3.05) is 6.54 Å². The summed E-state index contributed by atoms with van der Waals surface area (Å²) in [6, 6.07) is 10.1. The summed E-state index contributed by atoms with van der Waals surface area (Å²) in [6.07, 6.45) is -5.72. The summed E-state index contributed by atoms with van der Waals surface area (Å²) in [5.74, 6) is 0. The van der Waals surface area contributed by atoms with E-state index in [0.717, 1.165) is 29.8 Å². The Kier molecular flexibility index (Phi) is 5.32. The van der Waals surface area contributed by atoms with E-state index in [4.69, 9.17) is 0 Å². The normalized spacial score (nSPS) is 13.7. The van der Waals surface area contributed by atoms with E-state index in [9.17, 15) is 26.7 Å². The minimum Gasteiger partial charge on any atom is -0.387 e. The number of benzene rings is 2. The third-order valence-corrected chi connectivity index (χ3v) is 4.86. The lowest BCUT2D eigenvalue weighted by atomic mass is 10.1. The molecule has 0 aromatic heterocycles. The van der Waals surface area contributed by atoms with Gasteiger partial charge in [0.2, 0.25) is 10.0 Å². The molecule has 2 aromatic rings. The van der Waals surface area contributed by atoms with Crippen molar-refractivity contribution in [3.63, 3.8) is 0 Å². The fraction of sp³-hybridized carbons (Fsp3) is 0.250. The van der Waals surface area contributed by atoms with Crippen LogP contribution in [0.2, 0.25) is 0 Å². The van der Waals surface area contributed by atoms with Gasteiger partial charge in [-0.1, -0.05) is 29.8 Å². The van der Waals surface area contributed by atoms with Crippen LogP contribution in [0.25, 0.3) is 0 Å². The Morgan fingerprint density at radius 2 is 1.58 bits per heavy atom. The standard InChI is InChI=1S/C16H16F3NO3S/c1-11-2-8-14(9-3-11)24(22,23)20-10-15(21)12-4-6-13(7-5-12)16(17,18)19/h2-9,15,20-21H,10H2,1H3. The molecule has 0 bridgehead atoms. The molecule has 0 radical (unpaired) electrons. The molecule has 8 heteroatoms. The van der Waals surface area contributed by atoms with E-state index in [0.29, 0.717) is 0 Å². The first-order chi connectivity index (χ1) is 11.1. The molecule has 2 rings (SSSR count). The van der Waals surface area contributed by atoms with Gasteiger partial charge in [-0.3, -0.25) is 0 Å². The van der Waals surface area contributed by atoms with Crippen LogP contribution in [0, 0.1) is 6.92 Å². The molecule has 1 unspecified atom stereocenters. The van der Waals surface area contributed by atoms with Crippen molar-refractivity contribution in [2.24, 2.45) is 0 Å². The lowest BCUT2D eigenvalue weighted by Crippen LogP contribution is -2.28. The van der Waals surface area contributed by atoms with Crippen LogP contribution in [0.15, 0.2) is 53.4 Å². The Morgan fingerprint density at radius 1 is 1.04 bits per heavy atom. The van der Waals surface area contributed by atoms with Crippen molar-refractivity contribution in [1.82, 2.24) is 4.72 Å². The van der Waals surface area contributed by atoms with Gasteiger partial charge >= 0.3 is 6.18 Å². The van der Waals surface area contributed by atoms with Crippen LogP contribution in [0.1, 0.15) is 22.8 Å². The van der Waals surface area contributed by atoms with Gasteiger partial charge in [-0.15, -0.1) is 0 Å².